The minimum Gasteiger partial charge on any atom is -0.427 e. The van der Waals surface area contributed by atoms with E-state index in [9.17, 15) is 4.79 Å². The first-order valence-electron chi connectivity index (χ1n) is 3.73. The maximum Gasteiger partial charge on any atom is 0.308 e. The first-order chi connectivity index (χ1) is 6.09. The lowest BCUT2D eigenvalue weighted by Gasteiger charge is -2.02. The van der Waals surface area contributed by atoms with Crippen LogP contribution in [0.2, 0.25) is 0 Å². The van der Waals surface area contributed by atoms with Crippen molar-refractivity contribution in [2.75, 3.05) is 0 Å². The molecular weight excluding hydrogens is 232 g/mol. The van der Waals surface area contributed by atoms with E-state index in [1.165, 1.54) is 6.92 Å². The molecule has 68 valence electrons. The molecule has 0 aliphatic rings. The van der Waals surface area contributed by atoms with Gasteiger partial charge in [0.2, 0.25) is 0 Å². The summed E-state index contributed by atoms with van der Waals surface area (Å²) in [5.41, 5.74) is 0.902. The van der Waals surface area contributed by atoms with Crippen LogP contribution in [0.15, 0.2) is 30.8 Å². The molecule has 13 heavy (non-hydrogen) atoms. The number of benzene rings is 1. The molecular formula is C10H9BrO2. The van der Waals surface area contributed by atoms with Crippen LogP contribution >= 0.6 is 15.9 Å². The highest BCUT2D eigenvalue weighted by atomic mass is 79.9. The van der Waals surface area contributed by atoms with Gasteiger partial charge in [0, 0.05) is 11.4 Å². The minimum atomic E-state index is -0.322. The van der Waals surface area contributed by atoms with E-state index in [1.54, 1.807) is 18.2 Å². The van der Waals surface area contributed by atoms with E-state index in [4.69, 9.17) is 4.74 Å². The second kappa shape index (κ2) is 4.23. The summed E-state index contributed by atoms with van der Waals surface area (Å²) in [4.78, 5) is 10.6. The predicted octanol–water partition coefficient (Wildman–Crippen LogP) is 2.98. The Morgan fingerprint density at radius 2 is 2.23 bits per heavy atom. The van der Waals surface area contributed by atoms with Gasteiger partial charge in [0.1, 0.15) is 5.75 Å². The summed E-state index contributed by atoms with van der Waals surface area (Å²) in [6.45, 7) is 5.09. The second-order valence-corrected chi connectivity index (χ2v) is 3.48. The van der Waals surface area contributed by atoms with Gasteiger partial charge in [-0.3, -0.25) is 4.79 Å². The lowest BCUT2D eigenvalue weighted by molar-refractivity contribution is -0.131. The Bertz CT molecular complexity index is 345. The molecule has 0 bridgehead atoms. The van der Waals surface area contributed by atoms with Gasteiger partial charge in [-0.15, -0.1) is 0 Å². The zero-order valence-electron chi connectivity index (χ0n) is 7.21. The van der Waals surface area contributed by atoms with Gasteiger partial charge in [0.15, 0.2) is 0 Å². The lowest BCUT2D eigenvalue weighted by Crippen LogP contribution is -2.01. The summed E-state index contributed by atoms with van der Waals surface area (Å²) in [6.07, 6.45) is 0. The van der Waals surface area contributed by atoms with Gasteiger partial charge in [-0.1, -0.05) is 34.6 Å². The Labute approximate surface area is 85.3 Å². The SMILES string of the molecule is C=C(Br)c1cccc(OC(C)=O)c1. The average molecular weight is 241 g/mol. The third-order valence-electron chi connectivity index (χ3n) is 1.41. The molecule has 0 amide bonds. The molecule has 0 aliphatic carbocycles. The van der Waals surface area contributed by atoms with Crippen LogP contribution in [0.5, 0.6) is 5.75 Å². The third-order valence-corrected chi connectivity index (χ3v) is 1.87. The van der Waals surface area contributed by atoms with Crippen LogP contribution in [0.3, 0.4) is 0 Å². The first kappa shape index (κ1) is 9.99. The molecule has 0 aliphatic heterocycles. The first-order valence-corrected chi connectivity index (χ1v) is 4.52. The molecule has 0 saturated carbocycles. The fraction of sp³-hybridized carbons (Fsp3) is 0.100. The van der Waals surface area contributed by atoms with Crippen molar-refractivity contribution in [2.24, 2.45) is 0 Å². The Balaban J connectivity index is 2.91. The summed E-state index contributed by atoms with van der Waals surface area (Å²) >= 11 is 3.25. The number of ether oxygens (including phenoxy) is 1. The van der Waals surface area contributed by atoms with Gasteiger partial charge < -0.3 is 4.74 Å². The third kappa shape index (κ3) is 3.03. The van der Waals surface area contributed by atoms with E-state index in [2.05, 4.69) is 22.5 Å². The van der Waals surface area contributed by atoms with Gasteiger partial charge in [0.25, 0.3) is 0 Å². The lowest BCUT2D eigenvalue weighted by atomic mass is 10.2. The second-order valence-electron chi connectivity index (χ2n) is 2.53. The topological polar surface area (TPSA) is 26.3 Å². The van der Waals surface area contributed by atoms with Crippen LogP contribution in [-0.4, -0.2) is 5.97 Å². The number of halogens is 1. The molecule has 0 heterocycles. The molecule has 0 spiro atoms. The number of hydrogen-bond donors (Lipinski definition) is 0. The molecule has 1 aromatic carbocycles. The smallest absolute Gasteiger partial charge is 0.308 e. The molecule has 0 aromatic heterocycles. The molecule has 0 atom stereocenters. The van der Waals surface area contributed by atoms with Crippen molar-refractivity contribution in [1.82, 2.24) is 0 Å². The summed E-state index contributed by atoms with van der Waals surface area (Å²) in [5, 5.41) is 0. The van der Waals surface area contributed by atoms with Crippen molar-refractivity contribution in [3.05, 3.63) is 36.4 Å². The summed E-state index contributed by atoms with van der Waals surface area (Å²) in [6, 6.07) is 7.16. The molecule has 1 aromatic rings. The Hall–Kier alpha value is -1.09. The number of carbonyl (C=O) groups excluding carboxylic acids is 1. The average Bonchev–Trinajstić information content (AvgIpc) is 2.03. The predicted molar refractivity (Wildman–Crippen MR) is 55.7 cm³/mol. The number of esters is 1. The molecule has 3 heteroatoms. The van der Waals surface area contributed by atoms with Crippen molar-refractivity contribution < 1.29 is 9.53 Å². The molecule has 0 unspecified atom stereocenters. The van der Waals surface area contributed by atoms with Crippen LogP contribution in [0, 0.1) is 0 Å². The van der Waals surface area contributed by atoms with E-state index in [0.717, 1.165) is 10.0 Å². The van der Waals surface area contributed by atoms with Crippen molar-refractivity contribution in [3.8, 4) is 5.75 Å². The van der Waals surface area contributed by atoms with Crippen LogP contribution in [-0.2, 0) is 4.79 Å². The monoisotopic (exact) mass is 240 g/mol. The fourth-order valence-corrected chi connectivity index (χ4v) is 1.14. The molecule has 0 N–H and O–H groups in total. The van der Waals surface area contributed by atoms with E-state index in [-0.39, 0.29) is 5.97 Å². The van der Waals surface area contributed by atoms with Gasteiger partial charge in [-0.2, -0.15) is 0 Å². The largest absolute Gasteiger partial charge is 0.427 e. The molecule has 0 radical (unpaired) electrons. The molecule has 1 rings (SSSR count). The Kier molecular flexibility index (Phi) is 3.25. The van der Waals surface area contributed by atoms with Gasteiger partial charge in [0.05, 0.1) is 0 Å². The number of hydrogen-bond acceptors (Lipinski definition) is 2. The van der Waals surface area contributed by atoms with Crippen molar-refractivity contribution in [1.29, 1.82) is 0 Å². The standard InChI is InChI=1S/C10H9BrO2/c1-7(11)9-4-3-5-10(6-9)13-8(2)12/h3-6H,1H2,2H3. The molecule has 0 saturated heterocycles. The van der Waals surface area contributed by atoms with Gasteiger partial charge in [-0.25, -0.2) is 0 Å². The maximum absolute atomic E-state index is 10.6. The van der Waals surface area contributed by atoms with Crippen LogP contribution in [0.4, 0.5) is 0 Å². The quantitative estimate of drug-likeness (QED) is 0.587. The number of rotatable bonds is 2. The molecule has 2 nitrogen and oxygen atoms in total. The highest BCUT2D eigenvalue weighted by Crippen LogP contribution is 2.22. The summed E-state index contributed by atoms with van der Waals surface area (Å²) in [7, 11) is 0. The molecule has 0 fully saturated rings. The zero-order chi connectivity index (χ0) is 9.84. The minimum absolute atomic E-state index is 0.322. The number of carbonyl (C=O) groups is 1. The van der Waals surface area contributed by atoms with Crippen molar-refractivity contribution in [2.45, 2.75) is 6.92 Å². The zero-order valence-corrected chi connectivity index (χ0v) is 8.80. The van der Waals surface area contributed by atoms with Crippen LogP contribution < -0.4 is 4.74 Å². The van der Waals surface area contributed by atoms with E-state index in [1.807, 2.05) is 6.07 Å². The van der Waals surface area contributed by atoms with E-state index in [0.29, 0.717) is 5.75 Å². The summed E-state index contributed by atoms with van der Waals surface area (Å²) in [5.74, 6) is 0.211. The highest BCUT2D eigenvalue weighted by molar-refractivity contribution is 9.15. The highest BCUT2D eigenvalue weighted by Gasteiger charge is 2.00. The van der Waals surface area contributed by atoms with Gasteiger partial charge in [-0.05, 0) is 17.7 Å². The van der Waals surface area contributed by atoms with Crippen molar-refractivity contribution in [3.63, 3.8) is 0 Å². The van der Waals surface area contributed by atoms with Gasteiger partial charge >= 0.3 is 5.97 Å². The normalized spacial score (nSPS) is 9.38. The van der Waals surface area contributed by atoms with Crippen LogP contribution in [0.25, 0.3) is 4.48 Å². The maximum atomic E-state index is 10.6. The van der Waals surface area contributed by atoms with Crippen LogP contribution in [0.1, 0.15) is 12.5 Å². The van der Waals surface area contributed by atoms with E-state index >= 15 is 0 Å². The Morgan fingerprint density at radius 3 is 2.77 bits per heavy atom. The summed E-state index contributed by atoms with van der Waals surface area (Å²) < 4.78 is 5.67. The van der Waals surface area contributed by atoms with Crippen molar-refractivity contribution >= 4 is 26.4 Å². The Morgan fingerprint density at radius 1 is 1.54 bits per heavy atom. The fourth-order valence-electron chi connectivity index (χ4n) is 0.894. The van der Waals surface area contributed by atoms with E-state index < -0.39 is 0 Å².